The largest absolute Gasteiger partial charge is 0.494 e. The van der Waals surface area contributed by atoms with E-state index < -0.39 is 0 Å². The molecule has 1 aromatic heterocycles. The van der Waals surface area contributed by atoms with Crippen molar-refractivity contribution in [2.24, 2.45) is 0 Å². The highest BCUT2D eigenvalue weighted by molar-refractivity contribution is 6.30. The summed E-state index contributed by atoms with van der Waals surface area (Å²) in [6.07, 6.45) is 5.26. The minimum absolute atomic E-state index is 0.0236. The van der Waals surface area contributed by atoms with Crippen molar-refractivity contribution < 1.29 is 9.53 Å². The molecule has 5 nitrogen and oxygen atoms in total. The van der Waals surface area contributed by atoms with Gasteiger partial charge >= 0.3 is 0 Å². The number of hydrogen-bond acceptors (Lipinski definition) is 4. The fourth-order valence-corrected chi connectivity index (χ4v) is 4.71. The van der Waals surface area contributed by atoms with Gasteiger partial charge in [0.1, 0.15) is 5.75 Å². The fraction of sp³-hybridized carbons (Fsp3) is 0.429. The molecule has 1 aliphatic heterocycles. The van der Waals surface area contributed by atoms with Crippen LogP contribution in [0.4, 0.5) is 0 Å². The molecule has 2 aromatic carbocycles. The fourth-order valence-electron chi connectivity index (χ4n) is 4.52. The lowest BCUT2D eigenvalue weighted by Crippen LogP contribution is -2.31. The minimum atomic E-state index is -0.0236. The summed E-state index contributed by atoms with van der Waals surface area (Å²) in [4.78, 5) is 20.0. The van der Waals surface area contributed by atoms with Gasteiger partial charge in [0.2, 0.25) is 5.91 Å². The third-order valence-electron chi connectivity index (χ3n) is 6.10. The lowest BCUT2D eigenvalue weighted by Gasteiger charge is -2.26. The van der Waals surface area contributed by atoms with Crippen LogP contribution < -0.4 is 10.1 Å². The number of fused-ring (bicyclic) bond motifs is 1. The average molecular weight is 480 g/mol. The molecule has 0 unspecified atom stereocenters. The standard InChI is InChI=1S/C28H34ClN3O2/c1-20(2)30-27(33)19-23-16-22-18-25(34-15-7-14-32-12-4-3-5-13-32)10-11-26(22)31-28(23)21-8-6-9-24(29)17-21/h6,8-11,16-18,20H,3-5,7,12-15,19H2,1-2H3,(H,30,33). The summed E-state index contributed by atoms with van der Waals surface area (Å²) in [7, 11) is 0. The smallest absolute Gasteiger partial charge is 0.224 e. The molecule has 1 amide bonds. The van der Waals surface area contributed by atoms with Crippen LogP contribution in [-0.4, -0.2) is 48.1 Å². The van der Waals surface area contributed by atoms with Crippen molar-refractivity contribution in [3.8, 4) is 17.0 Å². The second kappa shape index (κ2) is 11.7. The summed E-state index contributed by atoms with van der Waals surface area (Å²) in [5.74, 6) is 0.811. The maximum atomic E-state index is 12.6. The summed E-state index contributed by atoms with van der Waals surface area (Å²) in [6, 6.07) is 15.7. The number of carbonyl (C=O) groups excluding carboxylic acids is 1. The predicted molar refractivity (Wildman–Crippen MR) is 140 cm³/mol. The molecular weight excluding hydrogens is 446 g/mol. The van der Waals surface area contributed by atoms with Crippen LogP contribution in [-0.2, 0) is 11.2 Å². The Kier molecular flexibility index (Phi) is 8.41. The quantitative estimate of drug-likeness (QED) is 0.389. The summed E-state index contributed by atoms with van der Waals surface area (Å²) >= 11 is 6.24. The van der Waals surface area contributed by atoms with Gasteiger partial charge in [-0.3, -0.25) is 4.79 Å². The first-order valence-corrected chi connectivity index (χ1v) is 12.7. The number of ether oxygens (including phenoxy) is 1. The number of halogens is 1. The average Bonchev–Trinajstić information content (AvgIpc) is 2.81. The Morgan fingerprint density at radius 2 is 1.94 bits per heavy atom. The summed E-state index contributed by atoms with van der Waals surface area (Å²) in [5.41, 5.74) is 3.42. The van der Waals surface area contributed by atoms with Gasteiger partial charge in [0.15, 0.2) is 0 Å². The zero-order chi connectivity index (χ0) is 23.9. The van der Waals surface area contributed by atoms with Crippen molar-refractivity contribution in [1.82, 2.24) is 15.2 Å². The Labute approximate surface area is 207 Å². The molecule has 1 aliphatic rings. The molecule has 34 heavy (non-hydrogen) atoms. The zero-order valence-electron chi connectivity index (χ0n) is 20.1. The van der Waals surface area contributed by atoms with E-state index in [1.54, 1.807) is 0 Å². The van der Waals surface area contributed by atoms with Gasteiger partial charge in [-0.1, -0.05) is 30.2 Å². The lowest BCUT2D eigenvalue weighted by molar-refractivity contribution is -0.120. The van der Waals surface area contributed by atoms with Gasteiger partial charge in [0.25, 0.3) is 0 Å². The Hall–Kier alpha value is -2.63. The first-order chi connectivity index (χ1) is 16.5. The van der Waals surface area contributed by atoms with Crippen LogP contribution >= 0.6 is 11.6 Å². The van der Waals surface area contributed by atoms with Gasteiger partial charge in [-0.25, -0.2) is 4.98 Å². The van der Waals surface area contributed by atoms with E-state index in [-0.39, 0.29) is 18.4 Å². The van der Waals surface area contributed by atoms with Crippen molar-refractivity contribution in [2.75, 3.05) is 26.2 Å². The van der Waals surface area contributed by atoms with Gasteiger partial charge in [-0.2, -0.15) is 0 Å². The van der Waals surface area contributed by atoms with E-state index in [0.29, 0.717) is 11.6 Å². The Morgan fingerprint density at radius 3 is 2.71 bits per heavy atom. The number of carbonyl (C=O) groups is 1. The molecule has 0 spiro atoms. The van der Waals surface area contributed by atoms with Gasteiger partial charge in [-0.05, 0) is 88.2 Å². The highest BCUT2D eigenvalue weighted by Crippen LogP contribution is 2.30. The van der Waals surface area contributed by atoms with E-state index >= 15 is 0 Å². The molecule has 1 fully saturated rings. The second-order valence-electron chi connectivity index (χ2n) is 9.36. The highest BCUT2D eigenvalue weighted by atomic mass is 35.5. The van der Waals surface area contributed by atoms with Crippen LogP contribution in [0, 0.1) is 0 Å². The van der Waals surface area contributed by atoms with E-state index in [0.717, 1.165) is 46.4 Å². The summed E-state index contributed by atoms with van der Waals surface area (Å²) in [6.45, 7) is 8.13. The molecule has 0 saturated carbocycles. The molecule has 1 saturated heterocycles. The summed E-state index contributed by atoms with van der Waals surface area (Å²) in [5, 5.41) is 4.59. The first-order valence-electron chi connectivity index (χ1n) is 12.3. The molecule has 6 heteroatoms. The molecule has 4 rings (SSSR count). The zero-order valence-corrected chi connectivity index (χ0v) is 20.9. The van der Waals surface area contributed by atoms with Crippen molar-refractivity contribution >= 4 is 28.4 Å². The Bertz CT molecular complexity index is 1130. The number of hydrogen-bond donors (Lipinski definition) is 1. The number of nitrogens with one attached hydrogen (secondary N) is 1. The number of aromatic nitrogens is 1. The predicted octanol–water partition coefficient (Wildman–Crippen LogP) is 5.88. The normalized spacial score (nSPS) is 14.5. The van der Waals surface area contributed by atoms with Gasteiger partial charge < -0.3 is 15.0 Å². The van der Waals surface area contributed by atoms with Crippen LogP contribution in [0.2, 0.25) is 5.02 Å². The van der Waals surface area contributed by atoms with Crippen LogP contribution in [0.25, 0.3) is 22.2 Å². The minimum Gasteiger partial charge on any atom is -0.494 e. The van der Waals surface area contributed by atoms with Crippen molar-refractivity contribution in [3.63, 3.8) is 0 Å². The molecule has 0 radical (unpaired) electrons. The Balaban J connectivity index is 1.53. The summed E-state index contributed by atoms with van der Waals surface area (Å²) < 4.78 is 6.06. The SMILES string of the molecule is CC(C)NC(=O)Cc1cc2cc(OCCCN3CCCCC3)ccc2nc1-c1cccc(Cl)c1. The van der Waals surface area contributed by atoms with Crippen molar-refractivity contribution in [1.29, 1.82) is 0 Å². The van der Waals surface area contributed by atoms with E-state index in [1.807, 2.05) is 56.3 Å². The van der Waals surface area contributed by atoms with Crippen LogP contribution in [0.15, 0.2) is 48.5 Å². The maximum absolute atomic E-state index is 12.6. The number of amides is 1. The molecular formula is C28H34ClN3O2. The van der Waals surface area contributed by atoms with Crippen LogP contribution in [0.5, 0.6) is 5.75 Å². The van der Waals surface area contributed by atoms with Crippen molar-refractivity contribution in [2.45, 2.75) is 52.0 Å². The lowest BCUT2D eigenvalue weighted by atomic mass is 10.0. The van der Waals surface area contributed by atoms with E-state index in [2.05, 4.69) is 16.3 Å². The molecule has 0 aliphatic carbocycles. The number of rotatable bonds is 9. The molecule has 180 valence electrons. The van der Waals surface area contributed by atoms with Crippen LogP contribution in [0.3, 0.4) is 0 Å². The molecule has 0 atom stereocenters. The van der Waals surface area contributed by atoms with E-state index in [1.165, 1.54) is 32.4 Å². The third-order valence-corrected chi connectivity index (χ3v) is 6.34. The molecule has 0 bridgehead atoms. The molecule has 1 N–H and O–H groups in total. The maximum Gasteiger partial charge on any atom is 0.224 e. The van der Waals surface area contributed by atoms with Crippen LogP contribution in [0.1, 0.15) is 45.1 Å². The highest BCUT2D eigenvalue weighted by Gasteiger charge is 2.15. The Morgan fingerprint density at radius 1 is 1.12 bits per heavy atom. The van der Waals surface area contributed by atoms with E-state index in [9.17, 15) is 4.79 Å². The second-order valence-corrected chi connectivity index (χ2v) is 9.80. The number of piperidine rings is 1. The molecule has 2 heterocycles. The number of likely N-dealkylation sites (tertiary alicyclic amines) is 1. The van der Waals surface area contributed by atoms with Gasteiger partial charge in [0.05, 0.1) is 24.2 Å². The topological polar surface area (TPSA) is 54.5 Å². The molecule has 3 aromatic rings. The van der Waals surface area contributed by atoms with Gasteiger partial charge in [0, 0.05) is 28.6 Å². The first kappa shape index (κ1) is 24.5. The van der Waals surface area contributed by atoms with Gasteiger partial charge in [-0.15, -0.1) is 0 Å². The van der Waals surface area contributed by atoms with Crippen molar-refractivity contribution in [3.05, 3.63) is 59.1 Å². The monoisotopic (exact) mass is 479 g/mol. The number of pyridine rings is 1. The third kappa shape index (κ3) is 6.71. The number of benzene rings is 2. The number of nitrogens with zero attached hydrogens (tertiary/aromatic N) is 2. The van der Waals surface area contributed by atoms with E-state index in [4.69, 9.17) is 21.3 Å².